The van der Waals surface area contributed by atoms with E-state index in [0.717, 1.165) is 28.0 Å². The summed E-state index contributed by atoms with van der Waals surface area (Å²) in [5, 5.41) is 4.96. The minimum Gasteiger partial charge on any atom is -0.352 e. The van der Waals surface area contributed by atoms with Crippen LogP contribution >= 0.6 is 11.3 Å². The van der Waals surface area contributed by atoms with Crippen LogP contribution in [0.2, 0.25) is 0 Å². The van der Waals surface area contributed by atoms with E-state index in [0.29, 0.717) is 16.1 Å². The van der Waals surface area contributed by atoms with E-state index in [2.05, 4.69) is 22.4 Å². The Morgan fingerprint density at radius 1 is 0.897 bits per heavy atom. The minimum atomic E-state index is -1.29. The second-order valence-corrected chi connectivity index (χ2v) is 11.5. The first-order valence-corrected chi connectivity index (χ1v) is 14.0. The average Bonchev–Trinajstić information content (AvgIpc) is 3.66. The molecule has 7 rings (SSSR count). The number of aryl methyl sites for hydroxylation is 1. The number of anilines is 2. The third-order valence-corrected chi connectivity index (χ3v) is 9.39. The normalized spacial score (nSPS) is 24.6. The summed E-state index contributed by atoms with van der Waals surface area (Å²) < 4.78 is 0. The Bertz CT molecular complexity index is 1690. The first-order valence-electron chi connectivity index (χ1n) is 13.1. The van der Waals surface area contributed by atoms with Gasteiger partial charge in [0.05, 0.1) is 16.8 Å². The molecule has 3 aliphatic heterocycles. The monoisotopic (exact) mass is 530 g/mol. The number of rotatable bonds is 4. The van der Waals surface area contributed by atoms with Gasteiger partial charge in [-0.25, -0.2) is 0 Å². The number of benzene rings is 3. The van der Waals surface area contributed by atoms with Gasteiger partial charge in [0.25, 0.3) is 0 Å². The van der Waals surface area contributed by atoms with Crippen LogP contribution < -0.4 is 10.2 Å². The van der Waals surface area contributed by atoms with Gasteiger partial charge in [0, 0.05) is 22.5 Å². The Labute approximate surface area is 230 Å². The molecule has 5 nitrogen and oxygen atoms in total. The van der Waals surface area contributed by atoms with Gasteiger partial charge in [-0.2, -0.15) is 0 Å². The molecule has 1 saturated heterocycles. The lowest BCUT2D eigenvalue weighted by Gasteiger charge is -2.39. The van der Waals surface area contributed by atoms with Crippen LogP contribution in [0.4, 0.5) is 11.4 Å². The van der Waals surface area contributed by atoms with Crippen LogP contribution in [0.25, 0.3) is 5.57 Å². The summed E-state index contributed by atoms with van der Waals surface area (Å²) in [5.74, 6) is -1.53. The van der Waals surface area contributed by atoms with Crippen molar-refractivity contribution in [1.29, 1.82) is 0 Å². The highest BCUT2D eigenvalue weighted by Gasteiger charge is 2.70. The molecule has 0 radical (unpaired) electrons. The fraction of sp³-hybridized carbons (Fsp3) is 0.182. The van der Waals surface area contributed by atoms with Crippen molar-refractivity contribution in [2.45, 2.75) is 31.3 Å². The number of carbonyl (C=O) groups is 3. The highest BCUT2D eigenvalue weighted by Crippen LogP contribution is 2.59. The molecule has 0 bridgehead atoms. The van der Waals surface area contributed by atoms with Gasteiger partial charge in [0.2, 0.25) is 5.91 Å². The van der Waals surface area contributed by atoms with Crippen molar-refractivity contribution in [3.63, 3.8) is 0 Å². The number of fused-ring (bicyclic) bond motifs is 6. The van der Waals surface area contributed by atoms with Crippen LogP contribution in [0.5, 0.6) is 0 Å². The van der Waals surface area contributed by atoms with Crippen LogP contribution in [0.1, 0.15) is 43.6 Å². The summed E-state index contributed by atoms with van der Waals surface area (Å²) in [6.45, 7) is 4.09. The number of amides is 1. The number of ketones is 2. The fourth-order valence-corrected chi connectivity index (χ4v) is 7.59. The fourth-order valence-electron chi connectivity index (χ4n) is 6.89. The van der Waals surface area contributed by atoms with E-state index in [1.54, 1.807) is 18.2 Å². The topological polar surface area (TPSA) is 66.5 Å². The molecule has 192 valence electrons. The van der Waals surface area contributed by atoms with Crippen molar-refractivity contribution >= 4 is 45.8 Å². The summed E-state index contributed by atoms with van der Waals surface area (Å²) in [6, 6.07) is 25.1. The van der Waals surface area contributed by atoms with Gasteiger partial charge < -0.3 is 10.2 Å². The minimum absolute atomic E-state index is 0.141. The number of hydrogen-bond donors (Lipinski definition) is 1. The number of nitrogens with one attached hydrogen (secondary N) is 1. The van der Waals surface area contributed by atoms with Crippen molar-refractivity contribution < 1.29 is 14.4 Å². The van der Waals surface area contributed by atoms with Crippen LogP contribution in [0.3, 0.4) is 0 Å². The molecule has 39 heavy (non-hydrogen) atoms. The van der Waals surface area contributed by atoms with Crippen molar-refractivity contribution in [1.82, 2.24) is 0 Å². The van der Waals surface area contributed by atoms with E-state index >= 15 is 0 Å². The molecule has 4 heterocycles. The summed E-state index contributed by atoms with van der Waals surface area (Å²) in [4.78, 5) is 46.2. The van der Waals surface area contributed by atoms with Gasteiger partial charge in [0.1, 0.15) is 11.5 Å². The Morgan fingerprint density at radius 2 is 1.67 bits per heavy atom. The Balaban J connectivity index is 1.57. The number of nitrogens with zero attached hydrogens (tertiary/aromatic N) is 1. The maximum absolute atomic E-state index is 14.7. The van der Waals surface area contributed by atoms with Gasteiger partial charge >= 0.3 is 0 Å². The van der Waals surface area contributed by atoms with Crippen molar-refractivity contribution in [3.8, 4) is 0 Å². The molecule has 1 aromatic heterocycles. The predicted octanol–water partition coefficient (Wildman–Crippen LogP) is 6.30. The maximum Gasteiger partial charge on any atom is 0.238 e. The summed E-state index contributed by atoms with van der Waals surface area (Å²) >= 11 is 1.37. The van der Waals surface area contributed by atoms with E-state index in [1.165, 1.54) is 11.3 Å². The molecule has 1 N–H and O–H groups in total. The number of hydrogen-bond acceptors (Lipinski definition) is 5. The summed E-state index contributed by atoms with van der Waals surface area (Å²) in [7, 11) is 0. The molecule has 0 saturated carbocycles. The molecule has 1 fully saturated rings. The lowest BCUT2D eigenvalue weighted by Crippen LogP contribution is -2.51. The van der Waals surface area contributed by atoms with E-state index in [9.17, 15) is 14.4 Å². The second-order valence-electron chi connectivity index (χ2n) is 10.6. The molecule has 4 atom stereocenters. The molecule has 0 unspecified atom stereocenters. The third-order valence-electron chi connectivity index (χ3n) is 8.51. The zero-order valence-corrected chi connectivity index (χ0v) is 22.4. The van der Waals surface area contributed by atoms with Crippen molar-refractivity contribution in [2.75, 3.05) is 10.2 Å². The third kappa shape index (κ3) is 3.21. The second kappa shape index (κ2) is 8.61. The van der Waals surface area contributed by atoms with Gasteiger partial charge in [-0.1, -0.05) is 72.3 Å². The Kier molecular flexibility index (Phi) is 5.26. The SMILES string of the molecule is CC1=C[C@@H]2N(c3ccc(C)cc31)[C@H](C(=O)c1cccs1)[C@@H](C(=O)c1ccccc1)[C@@]21C(=O)Nc2ccccc21. The lowest BCUT2D eigenvalue weighted by molar-refractivity contribution is -0.121. The lowest BCUT2D eigenvalue weighted by atomic mass is 9.64. The van der Waals surface area contributed by atoms with Crippen LogP contribution in [0.15, 0.2) is 96.4 Å². The quantitative estimate of drug-likeness (QED) is 0.314. The molecule has 3 aliphatic rings. The number of carbonyl (C=O) groups excluding carboxylic acids is 3. The predicted molar refractivity (Wildman–Crippen MR) is 155 cm³/mol. The standard InChI is InChI=1S/C33H26N2O3S/c1-19-14-15-25-22(17-19)20(2)18-27-33(23-11-6-7-12-24(23)34-32(33)38)28(30(36)21-9-4-3-5-10-21)29(35(25)27)31(37)26-13-8-16-39-26/h3-18,27-29H,1-2H3,(H,34,38)/t27-,28-,29-,33-/m0/s1. The average molecular weight is 531 g/mol. The zero-order chi connectivity index (χ0) is 26.9. The summed E-state index contributed by atoms with van der Waals surface area (Å²) in [6.07, 6.45) is 2.09. The molecule has 4 aromatic rings. The first kappa shape index (κ1) is 23.8. The largest absolute Gasteiger partial charge is 0.352 e. The molecular weight excluding hydrogens is 504 g/mol. The van der Waals surface area contributed by atoms with Crippen molar-refractivity contribution in [3.05, 3.63) is 124 Å². The first-order chi connectivity index (χ1) is 18.9. The van der Waals surface area contributed by atoms with E-state index in [4.69, 9.17) is 0 Å². The molecular formula is C33H26N2O3S. The Hall–Kier alpha value is -4.29. The molecule has 1 amide bonds. The van der Waals surface area contributed by atoms with E-state index < -0.39 is 23.4 Å². The maximum atomic E-state index is 14.7. The van der Waals surface area contributed by atoms with Crippen LogP contribution in [0, 0.1) is 12.8 Å². The van der Waals surface area contributed by atoms with Gasteiger partial charge in [-0.15, -0.1) is 11.3 Å². The molecule has 6 heteroatoms. The highest BCUT2D eigenvalue weighted by atomic mass is 32.1. The number of thiophene rings is 1. The van der Waals surface area contributed by atoms with Crippen molar-refractivity contribution in [2.24, 2.45) is 5.92 Å². The van der Waals surface area contributed by atoms with Crippen LogP contribution in [-0.4, -0.2) is 29.6 Å². The van der Waals surface area contributed by atoms with E-state index in [1.807, 2.05) is 79.9 Å². The van der Waals surface area contributed by atoms with Crippen LogP contribution in [-0.2, 0) is 10.2 Å². The van der Waals surface area contributed by atoms with Gasteiger partial charge in [0.15, 0.2) is 11.6 Å². The number of allylic oxidation sites excluding steroid dienone is 1. The zero-order valence-electron chi connectivity index (χ0n) is 21.5. The number of Topliss-reactive ketones (excluding diaryl/α,β-unsaturated/α-hetero) is 2. The molecule has 0 aliphatic carbocycles. The highest BCUT2D eigenvalue weighted by molar-refractivity contribution is 7.12. The molecule has 3 aromatic carbocycles. The summed E-state index contributed by atoms with van der Waals surface area (Å²) in [5.41, 5.74) is 4.69. The van der Waals surface area contributed by atoms with Gasteiger partial charge in [-0.3, -0.25) is 14.4 Å². The number of para-hydroxylation sites is 1. The molecule has 1 spiro atoms. The van der Waals surface area contributed by atoms with Gasteiger partial charge in [-0.05, 0) is 54.6 Å². The Morgan fingerprint density at radius 3 is 2.44 bits per heavy atom. The van der Waals surface area contributed by atoms with E-state index in [-0.39, 0.29) is 17.5 Å². The smallest absolute Gasteiger partial charge is 0.238 e.